The van der Waals surface area contributed by atoms with Gasteiger partial charge in [-0.3, -0.25) is 0 Å². The van der Waals surface area contributed by atoms with E-state index < -0.39 is 0 Å². The Hall–Kier alpha value is -1.19. The normalized spacial score (nSPS) is 12.4. The molecule has 1 atom stereocenters. The second-order valence-electron chi connectivity index (χ2n) is 4.69. The van der Waals surface area contributed by atoms with Gasteiger partial charge in [-0.2, -0.15) is 0 Å². The number of benzene rings is 2. The van der Waals surface area contributed by atoms with Gasteiger partial charge >= 0.3 is 0 Å². The van der Waals surface area contributed by atoms with Crippen molar-refractivity contribution >= 4 is 15.9 Å². The largest absolute Gasteiger partial charge is 0.317 e. The van der Waals surface area contributed by atoms with Gasteiger partial charge < -0.3 is 5.32 Å². The average molecular weight is 322 g/mol. The van der Waals surface area contributed by atoms with Crippen LogP contribution < -0.4 is 5.32 Å². The van der Waals surface area contributed by atoms with Gasteiger partial charge in [0.15, 0.2) is 0 Å². The number of halogens is 2. The Morgan fingerprint density at radius 3 is 2.47 bits per heavy atom. The minimum absolute atomic E-state index is 0.209. The van der Waals surface area contributed by atoms with E-state index in [-0.39, 0.29) is 5.82 Å². The molecule has 0 aromatic heterocycles. The van der Waals surface area contributed by atoms with Crippen molar-refractivity contribution in [2.24, 2.45) is 0 Å². The molecule has 0 fully saturated rings. The highest BCUT2D eigenvalue weighted by atomic mass is 79.9. The van der Waals surface area contributed by atoms with Crippen LogP contribution in [-0.4, -0.2) is 13.1 Å². The molecule has 0 bridgehead atoms. The summed E-state index contributed by atoms with van der Waals surface area (Å²) >= 11 is 3.22. The quantitative estimate of drug-likeness (QED) is 0.879. The summed E-state index contributed by atoms with van der Waals surface area (Å²) in [6.07, 6.45) is 0.970. The highest BCUT2D eigenvalue weighted by Crippen LogP contribution is 2.28. The van der Waals surface area contributed by atoms with Crippen LogP contribution in [0.3, 0.4) is 0 Å². The van der Waals surface area contributed by atoms with Crippen LogP contribution >= 0.6 is 15.9 Å². The Labute approximate surface area is 122 Å². The second kappa shape index (κ2) is 6.31. The Morgan fingerprint density at radius 2 is 1.84 bits per heavy atom. The van der Waals surface area contributed by atoms with Crippen molar-refractivity contribution in [1.82, 2.24) is 5.32 Å². The molecule has 1 N–H and O–H groups in total. The van der Waals surface area contributed by atoms with Crippen LogP contribution in [0.25, 0.3) is 11.1 Å². The fourth-order valence-electron chi connectivity index (χ4n) is 2.00. The highest BCUT2D eigenvalue weighted by Gasteiger charge is 2.08. The van der Waals surface area contributed by atoms with E-state index >= 15 is 0 Å². The number of nitrogens with one attached hydrogen (secondary N) is 1. The molecule has 0 aliphatic carbocycles. The summed E-state index contributed by atoms with van der Waals surface area (Å²) in [6, 6.07) is 13.9. The predicted octanol–water partition coefficient (Wildman–Crippen LogP) is 4.41. The topological polar surface area (TPSA) is 12.0 Å². The monoisotopic (exact) mass is 321 g/mol. The molecule has 100 valence electrons. The summed E-state index contributed by atoms with van der Waals surface area (Å²) in [5.74, 6) is -0.209. The first-order chi connectivity index (χ1) is 9.11. The zero-order chi connectivity index (χ0) is 13.8. The average Bonchev–Trinajstić information content (AvgIpc) is 2.43. The van der Waals surface area contributed by atoms with E-state index in [1.165, 1.54) is 5.56 Å². The summed E-state index contributed by atoms with van der Waals surface area (Å²) in [6.45, 7) is 2.14. The molecule has 19 heavy (non-hydrogen) atoms. The van der Waals surface area contributed by atoms with Gasteiger partial charge in [-0.1, -0.05) is 36.4 Å². The lowest BCUT2D eigenvalue weighted by Crippen LogP contribution is -2.23. The van der Waals surface area contributed by atoms with Crippen LogP contribution in [0.2, 0.25) is 0 Å². The lowest BCUT2D eigenvalue weighted by atomic mass is 10.0. The Bertz CT molecular complexity index is 551. The molecule has 0 saturated carbocycles. The molecule has 0 amide bonds. The molecule has 0 radical (unpaired) electrons. The predicted molar refractivity (Wildman–Crippen MR) is 81.8 cm³/mol. The maximum absolute atomic E-state index is 14.0. The van der Waals surface area contributed by atoms with Crippen molar-refractivity contribution in [3.63, 3.8) is 0 Å². The summed E-state index contributed by atoms with van der Waals surface area (Å²) in [5, 5.41) is 3.21. The summed E-state index contributed by atoms with van der Waals surface area (Å²) in [7, 11) is 1.95. The minimum Gasteiger partial charge on any atom is -0.317 e. The van der Waals surface area contributed by atoms with Crippen LogP contribution in [0, 0.1) is 5.82 Å². The summed E-state index contributed by atoms with van der Waals surface area (Å²) < 4.78 is 14.5. The van der Waals surface area contributed by atoms with Crippen LogP contribution in [-0.2, 0) is 6.42 Å². The van der Waals surface area contributed by atoms with E-state index in [2.05, 4.69) is 40.3 Å². The zero-order valence-electron chi connectivity index (χ0n) is 11.1. The van der Waals surface area contributed by atoms with E-state index in [4.69, 9.17) is 0 Å². The number of hydrogen-bond donors (Lipinski definition) is 1. The van der Waals surface area contributed by atoms with Gasteiger partial charge in [-0.05, 0) is 53.5 Å². The molecule has 1 nitrogen and oxygen atoms in total. The first-order valence-corrected chi connectivity index (χ1v) is 7.11. The lowest BCUT2D eigenvalue weighted by molar-refractivity contribution is 0.608. The number of likely N-dealkylation sites (N-methyl/N-ethyl adjacent to an activating group) is 1. The van der Waals surface area contributed by atoms with E-state index in [0.29, 0.717) is 16.1 Å². The van der Waals surface area contributed by atoms with Crippen molar-refractivity contribution in [3.8, 4) is 11.1 Å². The Morgan fingerprint density at radius 1 is 1.16 bits per heavy atom. The summed E-state index contributed by atoms with van der Waals surface area (Å²) in [4.78, 5) is 0. The molecule has 2 aromatic rings. The molecular weight excluding hydrogens is 305 g/mol. The number of rotatable bonds is 4. The van der Waals surface area contributed by atoms with E-state index in [1.807, 2.05) is 25.2 Å². The molecule has 2 rings (SSSR count). The van der Waals surface area contributed by atoms with E-state index in [0.717, 1.165) is 12.0 Å². The molecule has 1 unspecified atom stereocenters. The lowest BCUT2D eigenvalue weighted by Gasteiger charge is -2.11. The first kappa shape index (κ1) is 14.2. The third-order valence-electron chi connectivity index (χ3n) is 3.25. The first-order valence-electron chi connectivity index (χ1n) is 6.32. The highest BCUT2D eigenvalue weighted by molar-refractivity contribution is 9.10. The molecule has 0 aliphatic heterocycles. The fraction of sp³-hybridized carbons (Fsp3) is 0.250. The molecule has 3 heteroatoms. The molecule has 0 saturated heterocycles. The third-order valence-corrected chi connectivity index (χ3v) is 3.86. The molecular formula is C16H17BrFN. The number of hydrogen-bond acceptors (Lipinski definition) is 1. The molecule has 2 aromatic carbocycles. The smallest absolute Gasteiger partial charge is 0.145 e. The van der Waals surface area contributed by atoms with Crippen LogP contribution in [0.1, 0.15) is 12.5 Å². The SMILES string of the molecule is CNC(C)Cc1ccc(-c2cccc(Br)c2F)cc1. The van der Waals surface area contributed by atoms with Crippen molar-refractivity contribution in [3.05, 3.63) is 58.3 Å². The van der Waals surface area contributed by atoms with E-state index in [1.54, 1.807) is 12.1 Å². The van der Waals surface area contributed by atoms with Crippen molar-refractivity contribution < 1.29 is 4.39 Å². The van der Waals surface area contributed by atoms with Gasteiger partial charge in [-0.15, -0.1) is 0 Å². The maximum Gasteiger partial charge on any atom is 0.145 e. The van der Waals surface area contributed by atoms with Crippen molar-refractivity contribution in [2.75, 3.05) is 7.05 Å². The van der Waals surface area contributed by atoms with Gasteiger partial charge in [0.05, 0.1) is 4.47 Å². The van der Waals surface area contributed by atoms with Crippen LogP contribution in [0.15, 0.2) is 46.9 Å². The Kier molecular flexibility index (Phi) is 4.72. The van der Waals surface area contributed by atoms with Crippen LogP contribution in [0.4, 0.5) is 4.39 Å². The maximum atomic E-state index is 14.0. The van der Waals surface area contributed by atoms with Gasteiger partial charge in [-0.25, -0.2) is 4.39 Å². The third kappa shape index (κ3) is 3.43. The fourth-order valence-corrected chi connectivity index (χ4v) is 2.37. The zero-order valence-corrected chi connectivity index (χ0v) is 12.7. The summed E-state index contributed by atoms with van der Waals surface area (Å²) in [5.41, 5.74) is 2.78. The standard InChI is InChI=1S/C16H17BrFN/c1-11(19-2)10-12-6-8-13(9-7-12)14-4-3-5-15(17)16(14)18/h3-9,11,19H,10H2,1-2H3. The van der Waals surface area contributed by atoms with Gasteiger partial charge in [0.2, 0.25) is 0 Å². The van der Waals surface area contributed by atoms with Crippen molar-refractivity contribution in [2.45, 2.75) is 19.4 Å². The van der Waals surface area contributed by atoms with Gasteiger partial charge in [0.25, 0.3) is 0 Å². The van der Waals surface area contributed by atoms with E-state index in [9.17, 15) is 4.39 Å². The minimum atomic E-state index is -0.209. The Balaban J connectivity index is 2.25. The molecule has 0 spiro atoms. The second-order valence-corrected chi connectivity index (χ2v) is 5.55. The molecule has 0 heterocycles. The molecule has 0 aliphatic rings. The van der Waals surface area contributed by atoms with Crippen LogP contribution in [0.5, 0.6) is 0 Å². The van der Waals surface area contributed by atoms with Gasteiger partial charge in [0, 0.05) is 11.6 Å². The van der Waals surface area contributed by atoms with Crippen molar-refractivity contribution in [1.29, 1.82) is 0 Å². The van der Waals surface area contributed by atoms with Gasteiger partial charge in [0.1, 0.15) is 5.82 Å².